The molecule has 0 unspecified atom stereocenters. The van der Waals surface area contributed by atoms with Gasteiger partial charge in [0.2, 0.25) is 5.91 Å². The number of nitrogens with zero attached hydrogens (tertiary/aromatic N) is 2. The molecule has 0 bridgehead atoms. The summed E-state index contributed by atoms with van der Waals surface area (Å²) >= 11 is 0. The van der Waals surface area contributed by atoms with Crippen LogP contribution in [0.2, 0.25) is 0 Å². The predicted molar refractivity (Wildman–Crippen MR) is 125 cm³/mol. The number of carboxylic acid groups (broad SMARTS) is 1. The average molecular weight is 445 g/mol. The van der Waals surface area contributed by atoms with Crippen molar-refractivity contribution in [2.75, 3.05) is 19.5 Å². The molecule has 33 heavy (non-hydrogen) atoms. The lowest BCUT2D eigenvalue weighted by atomic mass is 10.0. The number of amides is 1. The minimum absolute atomic E-state index is 0.0976. The highest BCUT2D eigenvalue weighted by molar-refractivity contribution is 6.05. The van der Waals surface area contributed by atoms with Crippen molar-refractivity contribution >= 4 is 28.3 Å². The molecule has 0 aliphatic heterocycles. The molecular weight excluding hydrogens is 422 g/mol. The summed E-state index contributed by atoms with van der Waals surface area (Å²) in [7, 11) is 3.08. The number of aromatic nitrogens is 2. The van der Waals surface area contributed by atoms with E-state index in [9.17, 15) is 14.7 Å². The summed E-state index contributed by atoms with van der Waals surface area (Å²) in [6.07, 6.45) is 0.356. The van der Waals surface area contributed by atoms with Crippen molar-refractivity contribution in [3.8, 4) is 28.4 Å². The van der Waals surface area contributed by atoms with Crippen molar-refractivity contribution < 1.29 is 24.2 Å². The van der Waals surface area contributed by atoms with Crippen LogP contribution in [0.1, 0.15) is 23.8 Å². The summed E-state index contributed by atoms with van der Waals surface area (Å²) < 4.78 is 12.7. The lowest BCUT2D eigenvalue weighted by Crippen LogP contribution is -2.10. The van der Waals surface area contributed by atoms with E-state index in [4.69, 9.17) is 9.47 Å². The first-order valence-electron chi connectivity index (χ1n) is 10.3. The van der Waals surface area contributed by atoms with Gasteiger partial charge in [-0.2, -0.15) is 5.10 Å². The first kappa shape index (κ1) is 21.9. The Balaban J connectivity index is 2.02. The van der Waals surface area contributed by atoms with Gasteiger partial charge in [-0.3, -0.25) is 4.79 Å². The van der Waals surface area contributed by atoms with Gasteiger partial charge in [0.25, 0.3) is 0 Å². The van der Waals surface area contributed by atoms with E-state index in [-0.39, 0.29) is 11.6 Å². The van der Waals surface area contributed by atoms with Crippen LogP contribution in [-0.4, -0.2) is 41.0 Å². The van der Waals surface area contributed by atoms with Gasteiger partial charge in [-0.1, -0.05) is 37.3 Å². The quantitative estimate of drug-likeness (QED) is 0.425. The molecule has 0 aliphatic carbocycles. The topological polar surface area (TPSA) is 103 Å². The smallest absolute Gasteiger partial charge is 0.356 e. The Morgan fingerprint density at radius 2 is 1.64 bits per heavy atom. The molecule has 8 heteroatoms. The van der Waals surface area contributed by atoms with Crippen molar-refractivity contribution in [1.29, 1.82) is 0 Å². The maximum absolute atomic E-state index is 12.0. The third-order valence-electron chi connectivity index (χ3n) is 5.34. The van der Waals surface area contributed by atoms with Gasteiger partial charge in [0, 0.05) is 22.9 Å². The SMILES string of the molecule is CCC(=O)Nc1ccc(-n2nc(C(=O)O)cc2-c2c(OC)cccc2OC)c2ccccc12. The van der Waals surface area contributed by atoms with Crippen LogP contribution >= 0.6 is 0 Å². The lowest BCUT2D eigenvalue weighted by molar-refractivity contribution is -0.115. The van der Waals surface area contributed by atoms with Crippen LogP contribution in [0.4, 0.5) is 5.69 Å². The Hall–Kier alpha value is -4.33. The Morgan fingerprint density at radius 3 is 2.24 bits per heavy atom. The molecular formula is C25H23N3O5. The van der Waals surface area contributed by atoms with Gasteiger partial charge in [-0.05, 0) is 30.3 Å². The second-order valence-corrected chi connectivity index (χ2v) is 7.25. The van der Waals surface area contributed by atoms with E-state index in [0.29, 0.717) is 40.6 Å². The minimum atomic E-state index is -1.15. The fraction of sp³-hybridized carbons (Fsp3) is 0.160. The molecule has 4 rings (SSSR count). The third-order valence-corrected chi connectivity index (χ3v) is 5.34. The first-order valence-corrected chi connectivity index (χ1v) is 10.3. The van der Waals surface area contributed by atoms with E-state index in [1.807, 2.05) is 24.3 Å². The largest absolute Gasteiger partial charge is 0.496 e. The molecule has 168 valence electrons. The zero-order valence-electron chi connectivity index (χ0n) is 18.5. The van der Waals surface area contributed by atoms with E-state index in [1.54, 1.807) is 41.9 Å². The van der Waals surface area contributed by atoms with E-state index in [1.165, 1.54) is 20.3 Å². The van der Waals surface area contributed by atoms with Crippen LogP contribution in [0, 0.1) is 0 Å². The number of rotatable bonds is 7. The first-order chi connectivity index (χ1) is 16.0. The van der Waals surface area contributed by atoms with Crippen LogP contribution in [0.5, 0.6) is 11.5 Å². The molecule has 8 nitrogen and oxygen atoms in total. The summed E-state index contributed by atoms with van der Waals surface area (Å²) in [5.74, 6) is -0.216. The Morgan fingerprint density at radius 1 is 0.970 bits per heavy atom. The monoisotopic (exact) mass is 445 g/mol. The highest BCUT2D eigenvalue weighted by atomic mass is 16.5. The van der Waals surface area contributed by atoms with E-state index >= 15 is 0 Å². The maximum Gasteiger partial charge on any atom is 0.356 e. The number of carbonyl (C=O) groups excluding carboxylic acids is 1. The number of hydrogen-bond acceptors (Lipinski definition) is 5. The zero-order chi connectivity index (χ0) is 23.5. The van der Waals surface area contributed by atoms with E-state index in [2.05, 4.69) is 10.4 Å². The number of carboxylic acids is 1. The van der Waals surface area contributed by atoms with Crippen molar-refractivity contribution in [3.05, 3.63) is 66.4 Å². The number of ether oxygens (including phenoxy) is 2. The van der Waals surface area contributed by atoms with E-state index < -0.39 is 5.97 Å². The molecule has 0 aliphatic rings. The van der Waals surface area contributed by atoms with Crippen molar-refractivity contribution in [2.24, 2.45) is 0 Å². The predicted octanol–water partition coefficient (Wildman–Crippen LogP) is 4.76. The van der Waals surface area contributed by atoms with Gasteiger partial charge >= 0.3 is 5.97 Å². The summed E-state index contributed by atoms with van der Waals surface area (Å²) in [5, 5.41) is 18.6. The van der Waals surface area contributed by atoms with Gasteiger partial charge in [0.15, 0.2) is 5.69 Å². The minimum Gasteiger partial charge on any atom is -0.496 e. The molecule has 3 aromatic carbocycles. The van der Waals surface area contributed by atoms with Gasteiger partial charge in [0.05, 0.1) is 31.2 Å². The number of benzene rings is 3. The number of carbonyl (C=O) groups is 2. The molecule has 4 aromatic rings. The zero-order valence-corrected chi connectivity index (χ0v) is 18.5. The molecule has 0 saturated heterocycles. The Bertz CT molecular complexity index is 1340. The highest BCUT2D eigenvalue weighted by Gasteiger charge is 2.23. The Kier molecular flexibility index (Phi) is 5.99. The number of anilines is 1. The summed E-state index contributed by atoms with van der Waals surface area (Å²) in [6.45, 7) is 1.79. The highest BCUT2D eigenvalue weighted by Crippen LogP contribution is 2.40. The van der Waals surface area contributed by atoms with Crippen LogP contribution in [0.15, 0.2) is 60.7 Å². The molecule has 1 aromatic heterocycles. The fourth-order valence-corrected chi connectivity index (χ4v) is 3.77. The molecule has 2 N–H and O–H groups in total. The number of hydrogen-bond donors (Lipinski definition) is 2. The molecule has 0 radical (unpaired) electrons. The van der Waals surface area contributed by atoms with Crippen molar-refractivity contribution in [3.63, 3.8) is 0 Å². The molecule has 0 fully saturated rings. The van der Waals surface area contributed by atoms with Crippen LogP contribution in [-0.2, 0) is 4.79 Å². The Labute approximate surface area is 190 Å². The van der Waals surface area contributed by atoms with Gasteiger partial charge in [-0.25, -0.2) is 9.48 Å². The van der Waals surface area contributed by atoms with Gasteiger partial charge < -0.3 is 19.9 Å². The number of fused-ring (bicyclic) bond motifs is 1. The fourth-order valence-electron chi connectivity index (χ4n) is 3.77. The second-order valence-electron chi connectivity index (χ2n) is 7.25. The summed E-state index contributed by atoms with van der Waals surface area (Å²) in [6, 6.07) is 18.0. The van der Waals surface area contributed by atoms with Crippen LogP contribution in [0.3, 0.4) is 0 Å². The molecule has 0 atom stereocenters. The molecule has 1 amide bonds. The third kappa shape index (κ3) is 3.98. The van der Waals surface area contributed by atoms with Crippen molar-refractivity contribution in [1.82, 2.24) is 9.78 Å². The maximum atomic E-state index is 12.0. The molecule has 0 saturated carbocycles. The molecule has 1 heterocycles. The number of aromatic carboxylic acids is 1. The van der Waals surface area contributed by atoms with Gasteiger partial charge in [-0.15, -0.1) is 0 Å². The van der Waals surface area contributed by atoms with Crippen LogP contribution in [0.25, 0.3) is 27.7 Å². The normalized spacial score (nSPS) is 10.8. The molecule has 0 spiro atoms. The average Bonchev–Trinajstić information content (AvgIpc) is 3.28. The number of methoxy groups -OCH3 is 2. The van der Waals surface area contributed by atoms with Crippen molar-refractivity contribution in [2.45, 2.75) is 13.3 Å². The lowest BCUT2D eigenvalue weighted by Gasteiger charge is -2.17. The number of nitrogens with one attached hydrogen (secondary N) is 1. The second kappa shape index (κ2) is 9.04. The standard InChI is InChI=1S/C25H23N3O5/c1-4-23(29)26-17-12-13-19(16-9-6-5-8-15(16)17)28-20(14-18(27-28)25(30)31)24-21(32-2)10-7-11-22(24)33-3/h5-14H,4H2,1-3H3,(H,26,29)(H,30,31). The van der Waals surface area contributed by atoms with Crippen LogP contribution < -0.4 is 14.8 Å². The summed E-state index contributed by atoms with van der Waals surface area (Å²) in [5.41, 5.74) is 2.27. The van der Waals surface area contributed by atoms with Gasteiger partial charge in [0.1, 0.15) is 11.5 Å². The summed E-state index contributed by atoms with van der Waals surface area (Å²) in [4.78, 5) is 23.8. The van der Waals surface area contributed by atoms with E-state index in [0.717, 1.165) is 10.8 Å².